The van der Waals surface area contributed by atoms with Gasteiger partial charge < -0.3 is 10.4 Å². The lowest BCUT2D eigenvalue weighted by Gasteiger charge is -2.12. The number of aromatic nitrogens is 1. The maximum atomic E-state index is 11.7. The molecule has 114 valence electrons. The summed E-state index contributed by atoms with van der Waals surface area (Å²) >= 11 is 1.14. The van der Waals surface area contributed by atoms with Crippen molar-refractivity contribution in [1.29, 1.82) is 0 Å². The average molecular weight is 321 g/mol. The summed E-state index contributed by atoms with van der Waals surface area (Å²) in [6.45, 7) is 1.97. The molecule has 1 atom stereocenters. The lowest BCUT2D eigenvalue weighted by atomic mass is 10.2. The van der Waals surface area contributed by atoms with E-state index in [9.17, 15) is 13.2 Å². The third kappa shape index (κ3) is 6.83. The van der Waals surface area contributed by atoms with Crippen LogP contribution in [0.2, 0.25) is 0 Å². The highest BCUT2D eigenvalue weighted by atomic mass is 32.2. The summed E-state index contributed by atoms with van der Waals surface area (Å²) in [7, 11) is -3.35. The standard InChI is InChI=1S/C11H19N3O4S2/c1-8(4-3-5-15)12-10(16)6-9-7-19-11(13-9)14-20(2,17)18/h7-8,15H,3-6H2,1-2H3,(H,12,16)(H,13,14). The monoisotopic (exact) mass is 321 g/mol. The number of thiazole rings is 1. The van der Waals surface area contributed by atoms with E-state index in [1.54, 1.807) is 5.38 Å². The molecule has 0 fully saturated rings. The summed E-state index contributed by atoms with van der Waals surface area (Å²) in [6, 6.07) is -0.0121. The Hall–Kier alpha value is -1.19. The molecular weight excluding hydrogens is 302 g/mol. The van der Waals surface area contributed by atoms with Crippen LogP contribution in [0.4, 0.5) is 5.13 Å². The zero-order valence-corrected chi connectivity index (χ0v) is 13.1. The molecule has 1 rings (SSSR count). The second-order valence-corrected chi connectivity index (χ2v) is 7.14. The highest BCUT2D eigenvalue weighted by Crippen LogP contribution is 2.16. The van der Waals surface area contributed by atoms with Gasteiger partial charge in [-0.1, -0.05) is 0 Å². The van der Waals surface area contributed by atoms with Gasteiger partial charge in [0.15, 0.2) is 5.13 Å². The van der Waals surface area contributed by atoms with E-state index in [1.165, 1.54) is 0 Å². The van der Waals surface area contributed by atoms with E-state index < -0.39 is 10.0 Å². The van der Waals surface area contributed by atoms with E-state index >= 15 is 0 Å². The zero-order valence-electron chi connectivity index (χ0n) is 11.4. The number of nitrogens with one attached hydrogen (secondary N) is 2. The first-order chi connectivity index (χ1) is 9.30. The van der Waals surface area contributed by atoms with Crippen molar-refractivity contribution in [3.8, 4) is 0 Å². The molecule has 0 aliphatic carbocycles. The number of aliphatic hydroxyl groups excluding tert-OH is 1. The van der Waals surface area contributed by atoms with Crippen molar-refractivity contribution < 1.29 is 18.3 Å². The summed E-state index contributed by atoms with van der Waals surface area (Å²) in [5, 5.41) is 13.4. The van der Waals surface area contributed by atoms with Gasteiger partial charge in [-0.15, -0.1) is 11.3 Å². The summed E-state index contributed by atoms with van der Waals surface area (Å²) in [5.74, 6) is -0.174. The second-order valence-electron chi connectivity index (χ2n) is 4.53. The first-order valence-electron chi connectivity index (χ1n) is 6.12. The zero-order chi connectivity index (χ0) is 15.2. The first kappa shape index (κ1) is 16.9. The number of nitrogens with zero attached hydrogens (tertiary/aromatic N) is 1. The lowest BCUT2D eigenvalue weighted by Crippen LogP contribution is -2.33. The number of hydrogen-bond acceptors (Lipinski definition) is 6. The van der Waals surface area contributed by atoms with E-state index in [0.717, 1.165) is 17.6 Å². The number of rotatable bonds is 8. The molecule has 0 radical (unpaired) electrons. The lowest BCUT2D eigenvalue weighted by molar-refractivity contribution is -0.121. The number of carbonyl (C=O) groups is 1. The Bertz CT molecular complexity index is 542. The third-order valence-corrected chi connectivity index (χ3v) is 3.87. The minimum Gasteiger partial charge on any atom is -0.396 e. The predicted molar refractivity (Wildman–Crippen MR) is 78.2 cm³/mol. The molecule has 7 nitrogen and oxygen atoms in total. The van der Waals surface area contributed by atoms with Crippen LogP contribution < -0.4 is 10.0 Å². The molecule has 0 saturated heterocycles. The number of amides is 1. The number of anilines is 1. The van der Waals surface area contributed by atoms with Crippen molar-refractivity contribution in [3.63, 3.8) is 0 Å². The number of carbonyl (C=O) groups excluding carboxylic acids is 1. The van der Waals surface area contributed by atoms with Gasteiger partial charge in [0.2, 0.25) is 15.9 Å². The van der Waals surface area contributed by atoms with Crippen molar-refractivity contribution in [2.75, 3.05) is 17.6 Å². The summed E-state index contributed by atoms with van der Waals surface area (Å²) < 4.78 is 24.3. The summed E-state index contributed by atoms with van der Waals surface area (Å²) in [4.78, 5) is 15.8. The molecule has 0 aliphatic heterocycles. The topological polar surface area (TPSA) is 108 Å². The predicted octanol–water partition coefficient (Wildman–Crippen LogP) is 0.334. The molecule has 9 heteroatoms. The SMILES string of the molecule is CC(CCCO)NC(=O)Cc1csc(NS(C)(=O)=O)n1. The normalized spacial score (nSPS) is 12.9. The molecule has 1 heterocycles. The molecule has 0 saturated carbocycles. The molecule has 1 amide bonds. The Kier molecular flexibility index (Phi) is 6.37. The number of sulfonamides is 1. The molecule has 1 aromatic rings. The summed E-state index contributed by atoms with van der Waals surface area (Å²) in [6.07, 6.45) is 2.50. The van der Waals surface area contributed by atoms with Crippen molar-refractivity contribution in [2.45, 2.75) is 32.2 Å². The molecule has 1 aromatic heterocycles. The van der Waals surface area contributed by atoms with Crippen LogP contribution in [0.5, 0.6) is 0 Å². The maximum Gasteiger partial charge on any atom is 0.231 e. The van der Waals surface area contributed by atoms with Crippen LogP contribution in [0.3, 0.4) is 0 Å². The van der Waals surface area contributed by atoms with Crippen LogP contribution in [-0.4, -0.2) is 43.3 Å². The fraction of sp³-hybridized carbons (Fsp3) is 0.636. The Morgan fingerprint density at radius 1 is 1.55 bits per heavy atom. The minimum atomic E-state index is -3.35. The maximum absolute atomic E-state index is 11.7. The third-order valence-electron chi connectivity index (χ3n) is 2.37. The molecule has 20 heavy (non-hydrogen) atoms. The van der Waals surface area contributed by atoms with Crippen LogP contribution in [0, 0.1) is 0 Å². The Balaban J connectivity index is 2.46. The molecule has 0 bridgehead atoms. The van der Waals surface area contributed by atoms with E-state index in [0.29, 0.717) is 18.5 Å². The number of hydrogen-bond donors (Lipinski definition) is 3. The smallest absolute Gasteiger partial charge is 0.231 e. The van der Waals surface area contributed by atoms with Crippen molar-refractivity contribution in [2.24, 2.45) is 0 Å². The number of aliphatic hydroxyl groups is 1. The molecular formula is C11H19N3O4S2. The Morgan fingerprint density at radius 3 is 2.85 bits per heavy atom. The van der Waals surface area contributed by atoms with Gasteiger partial charge in [-0.3, -0.25) is 9.52 Å². The molecule has 0 spiro atoms. The van der Waals surface area contributed by atoms with Gasteiger partial charge in [-0.05, 0) is 19.8 Å². The van der Waals surface area contributed by atoms with Crippen LogP contribution >= 0.6 is 11.3 Å². The van der Waals surface area contributed by atoms with Crippen LogP contribution in [0.1, 0.15) is 25.5 Å². The quantitative estimate of drug-likeness (QED) is 0.639. The van der Waals surface area contributed by atoms with Gasteiger partial charge in [-0.2, -0.15) is 0 Å². The Morgan fingerprint density at radius 2 is 2.25 bits per heavy atom. The fourth-order valence-corrected chi connectivity index (χ4v) is 3.12. The van der Waals surface area contributed by atoms with E-state index in [-0.39, 0.29) is 30.1 Å². The van der Waals surface area contributed by atoms with Crippen molar-refractivity contribution in [1.82, 2.24) is 10.3 Å². The van der Waals surface area contributed by atoms with Crippen LogP contribution in [-0.2, 0) is 21.2 Å². The second kappa shape index (κ2) is 7.55. The fourth-order valence-electron chi connectivity index (χ4n) is 1.55. The van der Waals surface area contributed by atoms with E-state index in [4.69, 9.17) is 5.11 Å². The van der Waals surface area contributed by atoms with Gasteiger partial charge >= 0.3 is 0 Å². The van der Waals surface area contributed by atoms with Gasteiger partial charge in [0.1, 0.15) is 0 Å². The first-order valence-corrected chi connectivity index (χ1v) is 8.89. The van der Waals surface area contributed by atoms with Crippen LogP contribution in [0.25, 0.3) is 0 Å². The van der Waals surface area contributed by atoms with E-state index in [2.05, 4.69) is 15.0 Å². The summed E-state index contributed by atoms with van der Waals surface area (Å²) in [5.41, 5.74) is 0.521. The van der Waals surface area contributed by atoms with Crippen molar-refractivity contribution >= 4 is 32.4 Å². The van der Waals surface area contributed by atoms with Gasteiger partial charge in [0.05, 0.1) is 18.4 Å². The minimum absolute atomic E-state index is 0.0121. The molecule has 0 aliphatic rings. The molecule has 3 N–H and O–H groups in total. The highest BCUT2D eigenvalue weighted by molar-refractivity contribution is 7.92. The highest BCUT2D eigenvalue weighted by Gasteiger charge is 2.12. The van der Waals surface area contributed by atoms with Crippen LogP contribution in [0.15, 0.2) is 5.38 Å². The van der Waals surface area contributed by atoms with Crippen molar-refractivity contribution in [3.05, 3.63) is 11.1 Å². The largest absolute Gasteiger partial charge is 0.396 e. The average Bonchev–Trinajstić information content (AvgIpc) is 2.70. The Labute approximate surface area is 122 Å². The molecule has 1 unspecified atom stereocenters. The van der Waals surface area contributed by atoms with Gasteiger partial charge in [0.25, 0.3) is 0 Å². The molecule has 0 aromatic carbocycles. The van der Waals surface area contributed by atoms with Gasteiger partial charge in [0, 0.05) is 18.0 Å². The van der Waals surface area contributed by atoms with Gasteiger partial charge in [-0.25, -0.2) is 13.4 Å². The van der Waals surface area contributed by atoms with E-state index in [1.807, 2.05) is 6.92 Å².